The Hall–Kier alpha value is -3.98. The second-order valence-corrected chi connectivity index (χ2v) is 9.41. The van der Waals surface area contributed by atoms with Gasteiger partial charge in [0.15, 0.2) is 0 Å². The van der Waals surface area contributed by atoms with Gasteiger partial charge in [0.25, 0.3) is 0 Å². The molecule has 4 aromatic rings. The Kier molecular flexibility index (Phi) is 5.41. The summed E-state index contributed by atoms with van der Waals surface area (Å²) in [6.45, 7) is 0. The molecule has 1 aliphatic carbocycles. The zero-order valence-corrected chi connectivity index (χ0v) is 18.8. The van der Waals surface area contributed by atoms with Gasteiger partial charge in [0.1, 0.15) is 11.8 Å². The van der Waals surface area contributed by atoms with Gasteiger partial charge in [0.2, 0.25) is 0 Å². The van der Waals surface area contributed by atoms with Crippen LogP contribution in [0, 0.1) is 11.3 Å². The van der Waals surface area contributed by atoms with Crippen molar-refractivity contribution in [1.29, 1.82) is 5.26 Å². The summed E-state index contributed by atoms with van der Waals surface area (Å²) < 4.78 is 31.6. The summed E-state index contributed by atoms with van der Waals surface area (Å²) in [5.41, 5.74) is 3.16. The molecule has 0 radical (unpaired) electrons. The SMILES string of the molecule is N#Cc1c(-c2ccc(N(N)S(N)(=O)=O)cc2)n(C2CCC2)c2cc(Oc3ncccn3)ccc12. The van der Waals surface area contributed by atoms with Crippen molar-refractivity contribution in [3.8, 4) is 29.1 Å². The van der Waals surface area contributed by atoms with Crippen LogP contribution in [-0.2, 0) is 10.2 Å². The highest BCUT2D eigenvalue weighted by Gasteiger charge is 2.28. The normalized spacial score (nSPS) is 13.9. The molecule has 5 rings (SSSR count). The lowest BCUT2D eigenvalue weighted by Crippen LogP contribution is -2.42. The van der Waals surface area contributed by atoms with E-state index in [9.17, 15) is 13.7 Å². The van der Waals surface area contributed by atoms with E-state index in [4.69, 9.17) is 15.7 Å². The van der Waals surface area contributed by atoms with Crippen molar-refractivity contribution in [3.63, 3.8) is 0 Å². The number of ether oxygens (including phenoxy) is 1. The Labute approximate surface area is 196 Å². The Bertz CT molecular complexity index is 1510. The van der Waals surface area contributed by atoms with Crippen molar-refractivity contribution in [2.24, 2.45) is 11.0 Å². The third-order valence-corrected chi connectivity index (χ3v) is 6.71. The van der Waals surface area contributed by atoms with Gasteiger partial charge in [-0.2, -0.15) is 18.1 Å². The minimum absolute atomic E-state index is 0.217. The van der Waals surface area contributed by atoms with Gasteiger partial charge in [-0.05, 0) is 55.2 Å². The first kappa shape index (κ1) is 21.8. The van der Waals surface area contributed by atoms with Crippen LogP contribution >= 0.6 is 0 Å². The van der Waals surface area contributed by atoms with Crippen LogP contribution in [0.3, 0.4) is 0 Å². The van der Waals surface area contributed by atoms with Crippen molar-refractivity contribution in [3.05, 3.63) is 66.5 Å². The molecule has 10 nitrogen and oxygen atoms in total. The monoisotopic (exact) mass is 475 g/mol. The van der Waals surface area contributed by atoms with E-state index in [1.165, 1.54) is 0 Å². The number of hydrogen-bond acceptors (Lipinski definition) is 7. The number of anilines is 1. The molecular weight excluding hydrogens is 454 g/mol. The predicted molar refractivity (Wildman–Crippen MR) is 127 cm³/mol. The van der Waals surface area contributed by atoms with Crippen LogP contribution in [0.2, 0.25) is 0 Å². The molecule has 2 heterocycles. The minimum Gasteiger partial charge on any atom is -0.424 e. The Balaban J connectivity index is 1.64. The van der Waals surface area contributed by atoms with E-state index in [2.05, 4.69) is 20.6 Å². The molecule has 0 spiro atoms. The smallest absolute Gasteiger partial charge is 0.321 e. The maximum absolute atomic E-state index is 11.6. The summed E-state index contributed by atoms with van der Waals surface area (Å²) in [5, 5.41) is 16.0. The topological polar surface area (TPSA) is 153 Å². The molecule has 1 aliphatic rings. The molecule has 0 aliphatic heterocycles. The maximum atomic E-state index is 11.6. The van der Waals surface area contributed by atoms with E-state index in [1.807, 2.05) is 12.1 Å². The minimum atomic E-state index is -4.08. The number of nitrogens with two attached hydrogens (primary N) is 2. The van der Waals surface area contributed by atoms with E-state index in [1.54, 1.807) is 48.8 Å². The van der Waals surface area contributed by atoms with Gasteiger partial charge < -0.3 is 9.30 Å². The molecule has 4 N–H and O–H groups in total. The third-order valence-electron chi connectivity index (χ3n) is 5.95. The quantitative estimate of drug-likeness (QED) is 0.320. The Morgan fingerprint density at radius 1 is 1.12 bits per heavy atom. The average Bonchev–Trinajstić information content (AvgIpc) is 3.11. The van der Waals surface area contributed by atoms with Crippen molar-refractivity contribution < 1.29 is 13.2 Å². The molecule has 34 heavy (non-hydrogen) atoms. The van der Waals surface area contributed by atoms with E-state index < -0.39 is 10.2 Å². The number of aromatic nitrogens is 3. The second-order valence-electron chi connectivity index (χ2n) is 7.99. The standard InChI is InChI=1S/C23H21N7O3S/c24-14-20-19-10-9-18(33-23-27-11-2-12-28-23)13-21(19)29(16-3-1-4-16)22(20)15-5-7-17(8-6-15)30(25)34(26,31)32/h2,5-13,16H,1,3-4,25H2,(H2,26,31,32). The van der Waals surface area contributed by atoms with Crippen LogP contribution in [0.15, 0.2) is 60.9 Å². The summed E-state index contributed by atoms with van der Waals surface area (Å²) in [7, 11) is -4.08. The lowest BCUT2D eigenvalue weighted by molar-refractivity contribution is 0.324. The van der Waals surface area contributed by atoms with Crippen LogP contribution in [0.1, 0.15) is 30.9 Å². The first-order chi connectivity index (χ1) is 16.4. The van der Waals surface area contributed by atoms with Gasteiger partial charge in [-0.25, -0.2) is 20.9 Å². The van der Waals surface area contributed by atoms with Gasteiger partial charge >= 0.3 is 16.2 Å². The molecule has 1 fully saturated rings. The largest absolute Gasteiger partial charge is 0.424 e. The molecule has 0 unspecified atom stereocenters. The van der Waals surface area contributed by atoms with Crippen molar-refractivity contribution >= 4 is 26.8 Å². The van der Waals surface area contributed by atoms with E-state index in [-0.39, 0.29) is 17.7 Å². The Morgan fingerprint density at radius 3 is 2.41 bits per heavy atom. The van der Waals surface area contributed by atoms with Gasteiger partial charge in [0, 0.05) is 29.9 Å². The average molecular weight is 476 g/mol. The number of hydrazine groups is 1. The number of nitrogens with zero attached hydrogens (tertiary/aromatic N) is 5. The zero-order valence-electron chi connectivity index (χ0n) is 18.0. The summed E-state index contributed by atoms with van der Waals surface area (Å²) in [5.74, 6) is 6.17. The zero-order chi connectivity index (χ0) is 23.9. The number of fused-ring (bicyclic) bond motifs is 1. The van der Waals surface area contributed by atoms with Crippen LogP contribution in [0.25, 0.3) is 22.2 Å². The third kappa shape index (κ3) is 3.84. The highest BCUT2D eigenvalue weighted by molar-refractivity contribution is 7.90. The van der Waals surface area contributed by atoms with Crippen LogP contribution < -0.4 is 20.1 Å². The molecule has 2 aromatic carbocycles. The fourth-order valence-electron chi connectivity index (χ4n) is 4.13. The van der Waals surface area contributed by atoms with Crippen LogP contribution in [0.5, 0.6) is 11.8 Å². The molecule has 172 valence electrons. The predicted octanol–water partition coefficient (Wildman–Crippen LogP) is 3.37. The number of rotatable bonds is 6. The van der Waals surface area contributed by atoms with E-state index in [0.717, 1.165) is 41.4 Å². The van der Waals surface area contributed by atoms with Gasteiger partial charge in [-0.15, -0.1) is 0 Å². The lowest BCUT2D eigenvalue weighted by Gasteiger charge is -2.30. The molecule has 0 amide bonds. The molecule has 0 saturated heterocycles. The van der Waals surface area contributed by atoms with Gasteiger partial charge in [-0.1, -0.05) is 12.1 Å². The first-order valence-electron chi connectivity index (χ1n) is 10.6. The number of nitriles is 1. The van der Waals surface area contributed by atoms with Gasteiger partial charge in [0.05, 0.1) is 22.5 Å². The van der Waals surface area contributed by atoms with Crippen molar-refractivity contribution in [1.82, 2.24) is 14.5 Å². The lowest BCUT2D eigenvalue weighted by atomic mass is 9.92. The molecule has 2 aromatic heterocycles. The van der Waals surface area contributed by atoms with E-state index in [0.29, 0.717) is 15.7 Å². The van der Waals surface area contributed by atoms with Crippen LogP contribution in [-0.4, -0.2) is 23.0 Å². The highest BCUT2D eigenvalue weighted by Crippen LogP contribution is 2.43. The van der Waals surface area contributed by atoms with Crippen molar-refractivity contribution in [2.45, 2.75) is 25.3 Å². The summed E-state index contributed by atoms with van der Waals surface area (Å²) in [4.78, 5) is 8.21. The fraction of sp³-hybridized carbons (Fsp3) is 0.174. The number of hydrogen-bond donors (Lipinski definition) is 2. The van der Waals surface area contributed by atoms with Gasteiger partial charge in [-0.3, -0.25) is 0 Å². The number of benzene rings is 2. The molecule has 11 heteroatoms. The fourth-order valence-corrected chi connectivity index (χ4v) is 4.55. The Morgan fingerprint density at radius 2 is 1.82 bits per heavy atom. The van der Waals surface area contributed by atoms with E-state index >= 15 is 0 Å². The van der Waals surface area contributed by atoms with Crippen molar-refractivity contribution in [2.75, 3.05) is 4.41 Å². The highest BCUT2D eigenvalue weighted by atomic mass is 32.2. The summed E-state index contributed by atoms with van der Waals surface area (Å²) >= 11 is 0. The molecular formula is C23H21N7O3S. The first-order valence-corrected chi connectivity index (χ1v) is 12.1. The summed E-state index contributed by atoms with van der Waals surface area (Å²) in [6.07, 6.45) is 6.30. The molecule has 0 bridgehead atoms. The molecule has 0 atom stereocenters. The molecule has 1 saturated carbocycles. The van der Waals surface area contributed by atoms with Crippen LogP contribution in [0.4, 0.5) is 5.69 Å². The maximum Gasteiger partial charge on any atom is 0.321 e. The summed E-state index contributed by atoms with van der Waals surface area (Å²) in [6, 6.07) is 16.7. The second kappa shape index (κ2) is 8.42.